The number of amides is 2. The Morgan fingerprint density at radius 3 is 2.52 bits per heavy atom. The molecule has 10 heteroatoms. The molecule has 0 saturated carbocycles. The molecule has 0 radical (unpaired) electrons. The van der Waals surface area contributed by atoms with Crippen LogP contribution >= 0.6 is 43.6 Å². The minimum Gasteiger partial charge on any atom is -0.365 e. The smallest absolute Gasteiger partial charge is 0.255 e. The fourth-order valence-corrected chi connectivity index (χ4v) is 4.80. The number of likely N-dealkylation sites (tertiary alicyclic amines) is 1. The van der Waals surface area contributed by atoms with Gasteiger partial charge in [0, 0.05) is 24.3 Å². The SMILES string of the molecule is CSc1nc(I)c(C(N)=O)c(Nc2ccc(P)c(C(=O)N3CCCCCC3)c2)n1. The van der Waals surface area contributed by atoms with E-state index in [-0.39, 0.29) is 11.5 Å². The zero-order valence-electron chi connectivity index (χ0n) is 16.1. The third kappa shape index (κ3) is 5.38. The van der Waals surface area contributed by atoms with Gasteiger partial charge in [0.1, 0.15) is 15.1 Å². The zero-order chi connectivity index (χ0) is 21.0. The van der Waals surface area contributed by atoms with Gasteiger partial charge in [-0.15, -0.1) is 9.24 Å². The number of nitrogens with zero attached hydrogens (tertiary/aromatic N) is 3. The molecule has 154 valence electrons. The standard InChI is InChI=1S/C19H23IN5O2PS/c1-29-19-23-15(20)14(16(21)26)17(24-19)22-11-6-7-13(28)12(10-11)18(27)25-8-4-2-3-5-9-25/h6-7,10H,2-5,8-9,28H2,1H3,(H2,21,26)(H,22,23,24). The van der Waals surface area contributed by atoms with Gasteiger partial charge >= 0.3 is 0 Å². The van der Waals surface area contributed by atoms with Crippen molar-refractivity contribution in [1.29, 1.82) is 0 Å². The summed E-state index contributed by atoms with van der Waals surface area (Å²) in [6.07, 6.45) is 6.27. The second-order valence-corrected chi connectivity index (χ2v) is 9.14. The van der Waals surface area contributed by atoms with Gasteiger partial charge in [-0.2, -0.15) is 0 Å². The highest BCUT2D eigenvalue weighted by atomic mass is 127. The summed E-state index contributed by atoms with van der Waals surface area (Å²) >= 11 is 3.36. The van der Waals surface area contributed by atoms with Crippen LogP contribution in [-0.2, 0) is 0 Å². The Bertz CT molecular complexity index is 935. The summed E-state index contributed by atoms with van der Waals surface area (Å²) in [5.41, 5.74) is 7.06. The molecule has 0 bridgehead atoms. The van der Waals surface area contributed by atoms with Crippen LogP contribution in [0.1, 0.15) is 46.4 Å². The van der Waals surface area contributed by atoms with Crippen LogP contribution in [0.25, 0.3) is 0 Å². The Balaban J connectivity index is 1.93. The van der Waals surface area contributed by atoms with Crippen LogP contribution in [0, 0.1) is 3.70 Å². The molecule has 7 nitrogen and oxygen atoms in total. The number of thioether (sulfide) groups is 1. The van der Waals surface area contributed by atoms with Crippen molar-refractivity contribution in [3.05, 3.63) is 33.0 Å². The number of rotatable bonds is 5. The van der Waals surface area contributed by atoms with E-state index in [2.05, 4.69) is 24.5 Å². The van der Waals surface area contributed by atoms with Crippen molar-refractivity contribution in [2.24, 2.45) is 5.73 Å². The lowest BCUT2D eigenvalue weighted by atomic mass is 10.1. The molecular formula is C19H23IN5O2PS. The summed E-state index contributed by atoms with van der Waals surface area (Å²) in [4.78, 5) is 35.6. The first-order valence-electron chi connectivity index (χ1n) is 9.28. The molecule has 0 spiro atoms. The number of halogens is 1. The van der Waals surface area contributed by atoms with E-state index in [1.54, 1.807) is 6.07 Å². The molecule has 29 heavy (non-hydrogen) atoms. The molecule has 1 unspecified atom stereocenters. The highest BCUT2D eigenvalue weighted by Gasteiger charge is 2.21. The van der Waals surface area contributed by atoms with E-state index in [1.807, 2.05) is 45.9 Å². The highest BCUT2D eigenvalue weighted by molar-refractivity contribution is 14.1. The Kier molecular flexibility index (Phi) is 7.70. The van der Waals surface area contributed by atoms with Crippen LogP contribution in [0.15, 0.2) is 23.4 Å². The summed E-state index contributed by atoms with van der Waals surface area (Å²) in [5, 5.41) is 4.53. The van der Waals surface area contributed by atoms with Gasteiger partial charge in [-0.25, -0.2) is 9.97 Å². The van der Waals surface area contributed by atoms with Gasteiger partial charge in [-0.1, -0.05) is 30.7 Å². The van der Waals surface area contributed by atoms with Crippen molar-refractivity contribution in [1.82, 2.24) is 14.9 Å². The van der Waals surface area contributed by atoms with Crippen molar-refractivity contribution in [2.45, 2.75) is 30.8 Å². The maximum absolute atomic E-state index is 13.1. The normalized spacial score (nSPS) is 14.4. The first kappa shape index (κ1) is 22.2. The number of nitrogens with one attached hydrogen (secondary N) is 1. The van der Waals surface area contributed by atoms with Gasteiger partial charge in [0.15, 0.2) is 5.16 Å². The molecule has 3 rings (SSSR count). The lowest BCUT2D eigenvalue weighted by molar-refractivity contribution is 0.0763. The van der Waals surface area contributed by atoms with Gasteiger partial charge < -0.3 is 16.0 Å². The van der Waals surface area contributed by atoms with E-state index >= 15 is 0 Å². The van der Waals surface area contributed by atoms with E-state index in [0.717, 1.165) is 31.2 Å². The Morgan fingerprint density at radius 1 is 1.21 bits per heavy atom. The number of carbonyl (C=O) groups excluding carboxylic acids is 2. The van der Waals surface area contributed by atoms with E-state index in [4.69, 9.17) is 5.73 Å². The maximum Gasteiger partial charge on any atom is 0.255 e. The average molecular weight is 543 g/mol. The van der Waals surface area contributed by atoms with Crippen LogP contribution in [0.3, 0.4) is 0 Å². The molecule has 2 heterocycles. The van der Waals surface area contributed by atoms with Crippen LogP contribution in [0.4, 0.5) is 11.5 Å². The average Bonchev–Trinajstić information content (AvgIpc) is 2.97. The summed E-state index contributed by atoms with van der Waals surface area (Å²) in [6, 6.07) is 5.51. The van der Waals surface area contributed by atoms with Crippen molar-refractivity contribution >= 4 is 72.2 Å². The van der Waals surface area contributed by atoms with Gasteiger partial charge in [-0.05, 0) is 59.1 Å². The fourth-order valence-electron chi connectivity index (χ4n) is 3.21. The number of benzene rings is 1. The first-order valence-corrected chi connectivity index (χ1v) is 12.2. The number of primary amides is 1. The van der Waals surface area contributed by atoms with E-state index in [9.17, 15) is 9.59 Å². The zero-order valence-corrected chi connectivity index (χ0v) is 20.2. The van der Waals surface area contributed by atoms with Crippen LogP contribution in [0.5, 0.6) is 0 Å². The minimum absolute atomic E-state index is 0.0257. The monoisotopic (exact) mass is 543 g/mol. The predicted octanol–water partition coefficient (Wildman–Crippen LogP) is 3.16. The second-order valence-electron chi connectivity index (χ2n) is 6.72. The summed E-state index contributed by atoms with van der Waals surface area (Å²) in [6.45, 7) is 1.57. The van der Waals surface area contributed by atoms with E-state index in [0.29, 0.717) is 25.9 Å². The van der Waals surface area contributed by atoms with Gasteiger partial charge in [0.05, 0.1) is 0 Å². The fraction of sp³-hybridized carbons (Fsp3) is 0.368. The third-order valence-electron chi connectivity index (χ3n) is 4.71. The van der Waals surface area contributed by atoms with E-state index in [1.165, 1.54) is 24.6 Å². The first-order chi connectivity index (χ1) is 13.9. The molecular weight excluding hydrogens is 520 g/mol. The molecule has 2 aromatic rings. The molecule has 1 aliphatic rings. The van der Waals surface area contributed by atoms with Crippen molar-refractivity contribution in [2.75, 3.05) is 24.7 Å². The Morgan fingerprint density at radius 2 is 1.90 bits per heavy atom. The summed E-state index contributed by atoms with van der Waals surface area (Å²) < 4.78 is 0.487. The Hall–Kier alpha value is -1.45. The summed E-state index contributed by atoms with van der Waals surface area (Å²) in [5.74, 6) is -0.239. The van der Waals surface area contributed by atoms with E-state index < -0.39 is 5.91 Å². The number of nitrogens with two attached hydrogens (primary N) is 1. The second kappa shape index (κ2) is 10.0. The number of anilines is 2. The third-order valence-corrected chi connectivity index (χ3v) is 6.54. The minimum atomic E-state index is -0.604. The van der Waals surface area contributed by atoms with Crippen LogP contribution in [-0.4, -0.2) is 46.0 Å². The summed E-state index contributed by atoms with van der Waals surface area (Å²) in [7, 11) is 2.63. The molecule has 1 saturated heterocycles. The number of carbonyl (C=O) groups is 2. The molecule has 2 amide bonds. The van der Waals surface area contributed by atoms with Crippen molar-refractivity contribution in [3.8, 4) is 0 Å². The predicted molar refractivity (Wildman–Crippen MR) is 128 cm³/mol. The Labute approximate surface area is 190 Å². The topological polar surface area (TPSA) is 101 Å². The molecule has 0 aliphatic carbocycles. The lowest BCUT2D eigenvalue weighted by Crippen LogP contribution is -2.33. The lowest BCUT2D eigenvalue weighted by Gasteiger charge is -2.22. The number of hydrogen-bond donors (Lipinski definition) is 2. The molecule has 1 aromatic carbocycles. The molecule has 3 N–H and O–H groups in total. The molecule has 1 aromatic heterocycles. The van der Waals surface area contributed by atoms with Gasteiger partial charge in [0.25, 0.3) is 11.8 Å². The molecule has 1 atom stereocenters. The van der Waals surface area contributed by atoms with Gasteiger partial charge in [-0.3, -0.25) is 9.59 Å². The molecule has 1 aliphatic heterocycles. The quantitative estimate of drug-likeness (QED) is 0.198. The van der Waals surface area contributed by atoms with Crippen molar-refractivity contribution in [3.63, 3.8) is 0 Å². The largest absolute Gasteiger partial charge is 0.365 e. The molecule has 1 fully saturated rings. The number of aromatic nitrogens is 2. The van der Waals surface area contributed by atoms with Crippen molar-refractivity contribution < 1.29 is 9.59 Å². The van der Waals surface area contributed by atoms with Gasteiger partial charge in [0.2, 0.25) is 0 Å². The maximum atomic E-state index is 13.1. The number of hydrogen-bond acceptors (Lipinski definition) is 6. The highest BCUT2D eigenvalue weighted by Crippen LogP contribution is 2.26. The van der Waals surface area contributed by atoms with Crippen LogP contribution in [0.2, 0.25) is 0 Å². The van der Waals surface area contributed by atoms with Crippen LogP contribution < -0.4 is 16.4 Å².